The number of amides is 1. The van der Waals surface area contributed by atoms with Crippen LogP contribution >= 0.6 is 11.6 Å². The Morgan fingerprint density at radius 3 is 2.50 bits per heavy atom. The number of rotatable bonds is 4. The number of aliphatic hydroxyl groups is 1. The van der Waals surface area contributed by atoms with Crippen LogP contribution in [0.15, 0.2) is 24.3 Å². The van der Waals surface area contributed by atoms with Gasteiger partial charge in [0.2, 0.25) is 5.91 Å². The third kappa shape index (κ3) is 2.52. The minimum atomic E-state index is -0.517. The number of nitrogens with one attached hydrogen (secondary N) is 1. The topological polar surface area (TPSA) is 49.3 Å². The van der Waals surface area contributed by atoms with Crippen molar-refractivity contribution in [3.63, 3.8) is 0 Å². The molecule has 0 heterocycles. The molecule has 0 aromatic heterocycles. The van der Waals surface area contributed by atoms with E-state index in [1.54, 1.807) is 6.92 Å². The van der Waals surface area contributed by atoms with Gasteiger partial charge in [0.05, 0.1) is 11.5 Å². The third-order valence-corrected chi connectivity index (χ3v) is 3.85. The van der Waals surface area contributed by atoms with Gasteiger partial charge in [0.15, 0.2) is 0 Å². The molecule has 1 atom stereocenters. The van der Waals surface area contributed by atoms with Gasteiger partial charge >= 0.3 is 0 Å². The molecule has 1 amide bonds. The maximum atomic E-state index is 12.3. The first-order valence-corrected chi connectivity index (χ1v) is 6.65. The van der Waals surface area contributed by atoms with Gasteiger partial charge in [-0.25, -0.2) is 0 Å². The zero-order valence-corrected chi connectivity index (χ0v) is 11.2. The van der Waals surface area contributed by atoms with Gasteiger partial charge in [-0.3, -0.25) is 4.79 Å². The summed E-state index contributed by atoms with van der Waals surface area (Å²) in [5.74, 6) is 0.0111. The first kappa shape index (κ1) is 13.4. The number of hydrogen-bond acceptors (Lipinski definition) is 2. The van der Waals surface area contributed by atoms with Crippen LogP contribution in [-0.2, 0) is 10.2 Å². The van der Waals surface area contributed by atoms with Crippen LogP contribution in [0.1, 0.15) is 31.7 Å². The van der Waals surface area contributed by atoms with E-state index in [2.05, 4.69) is 5.32 Å². The average Bonchev–Trinajstić information content (AvgIpc) is 2.27. The van der Waals surface area contributed by atoms with Gasteiger partial charge in [-0.05, 0) is 37.5 Å². The molecule has 1 fully saturated rings. The molecule has 0 radical (unpaired) electrons. The summed E-state index contributed by atoms with van der Waals surface area (Å²) in [6, 6.07) is 7.48. The molecule has 2 rings (SSSR count). The average molecular weight is 268 g/mol. The lowest BCUT2D eigenvalue weighted by atomic mass is 9.64. The summed E-state index contributed by atoms with van der Waals surface area (Å²) in [5.41, 5.74) is 0.598. The van der Waals surface area contributed by atoms with Crippen LogP contribution in [0.4, 0.5) is 0 Å². The molecule has 1 aliphatic rings. The Morgan fingerprint density at radius 2 is 2.06 bits per heavy atom. The van der Waals surface area contributed by atoms with E-state index in [-0.39, 0.29) is 5.91 Å². The summed E-state index contributed by atoms with van der Waals surface area (Å²) in [6.07, 6.45) is 2.27. The third-order valence-electron chi connectivity index (χ3n) is 3.60. The molecule has 4 heteroatoms. The number of hydrogen-bond donors (Lipinski definition) is 2. The second-order valence-electron chi connectivity index (χ2n) is 5.00. The second-order valence-corrected chi connectivity index (χ2v) is 5.44. The van der Waals surface area contributed by atoms with Crippen LogP contribution in [0, 0.1) is 0 Å². The zero-order valence-electron chi connectivity index (χ0n) is 10.4. The fourth-order valence-electron chi connectivity index (χ4n) is 2.36. The SMILES string of the molecule is CC(O)CNC(=O)C1(c2ccc(Cl)cc2)CCC1. The Kier molecular flexibility index (Phi) is 3.93. The molecular weight excluding hydrogens is 250 g/mol. The molecule has 3 nitrogen and oxygen atoms in total. The van der Waals surface area contributed by atoms with Crippen molar-refractivity contribution in [3.05, 3.63) is 34.9 Å². The predicted molar refractivity (Wildman–Crippen MR) is 71.7 cm³/mol. The van der Waals surface area contributed by atoms with E-state index >= 15 is 0 Å². The van der Waals surface area contributed by atoms with E-state index in [1.165, 1.54) is 0 Å². The van der Waals surface area contributed by atoms with Crippen LogP contribution in [-0.4, -0.2) is 23.7 Å². The summed E-state index contributed by atoms with van der Waals surface area (Å²) < 4.78 is 0. The molecule has 2 N–H and O–H groups in total. The zero-order chi connectivity index (χ0) is 13.2. The van der Waals surface area contributed by atoms with Crippen molar-refractivity contribution >= 4 is 17.5 Å². The Morgan fingerprint density at radius 1 is 1.44 bits per heavy atom. The standard InChI is InChI=1S/C14H18ClNO2/c1-10(17)9-16-13(18)14(7-2-8-14)11-3-5-12(15)6-4-11/h3-6,10,17H,2,7-9H2,1H3,(H,16,18). The molecular formula is C14H18ClNO2. The molecule has 18 heavy (non-hydrogen) atoms. The van der Waals surface area contributed by atoms with Gasteiger partial charge in [0.1, 0.15) is 0 Å². The lowest BCUT2D eigenvalue weighted by molar-refractivity contribution is -0.130. The quantitative estimate of drug-likeness (QED) is 0.879. The molecule has 0 aliphatic heterocycles. The smallest absolute Gasteiger partial charge is 0.230 e. The molecule has 0 bridgehead atoms. The predicted octanol–water partition coefficient (Wildman–Crippen LogP) is 2.26. The first-order valence-electron chi connectivity index (χ1n) is 6.27. The number of aliphatic hydroxyl groups excluding tert-OH is 1. The van der Waals surface area contributed by atoms with Crippen molar-refractivity contribution in [3.8, 4) is 0 Å². The Labute approximate surface area is 112 Å². The summed E-state index contributed by atoms with van der Waals surface area (Å²) >= 11 is 5.87. The van der Waals surface area contributed by atoms with E-state index in [4.69, 9.17) is 11.6 Å². The van der Waals surface area contributed by atoms with E-state index < -0.39 is 11.5 Å². The van der Waals surface area contributed by atoms with E-state index in [9.17, 15) is 9.90 Å². The van der Waals surface area contributed by atoms with Gasteiger partial charge in [0.25, 0.3) is 0 Å². The van der Waals surface area contributed by atoms with Crippen molar-refractivity contribution in [2.24, 2.45) is 0 Å². The Hall–Kier alpha value is -1.06. The van der Waals surface area contributed by atoms with Crippen LogP contribution in [0.5, 0.6) is 0 Å². The van der Waals surface area contributed by atoms with Gasteiger partial charge in [-0.15, -0.1) is 0 Å². The lowest BCUT2D eigenvalue weighted by Crippen LogP contribution is -2.50. The molecule has 1 aliphatic carbocycles. The number of carbonyl (C=O) groups excluding carboxylic acids is 1. The molecule has 98 valence electrons. The number of carbonyl (C=O) groups is 1. The molecule has 1 saturated carbocycles. The molecule has 1 aromatic carbocycles. The molecule has 1 aromatic rings. The Balaban J connectivity index is 2.15. The fourth-order valence-corrected chi connectivity index (χ4v) is 2.48. The summed E-state index contributed by atoms with van der Waals surface area (Å²) in [6.45, 7) is 1.96. The molecule has 1 unspecified atom stereocenters. The van der Waals surface area contributed by atoms with Crippen LogP contribution < -0.4 is 5.32 Å². The van der Waals surface area contributed by atoms with Crippen LogP contribution in [0.25, 0.3) is 0 Å². The highest BCUT2D eigenvalue weighted by atomic mass is 35.5. The van der Waals surface area contributed by atoms with Crippen molar-refractivity contribution in [1.82, 2.24) is 5.32 Å². The molecule has 0 saturated heterocycles. The largest absolute Gasteiger partial charge is 0.392 e. The van der Waals surface area contributed by atoms with E-state index in [0.29, 0.717) is 11.6 Å². The highest BCUT2D eigenvalue weighted by Crippen LogP contribution is 2.44. The monoisotopic (exact) mass is 267 g/mol. The maximum absolute atomic E-state index is 12.3. The number of benzene rings is 1. The van der Waals surface area contributed by atoms with E-state index in [0.717, 1.165) is 24.8 Å². The van der Waals surface area contributed by atoms with Crippen LogP contribution in [0.3, 0.4) is 0 Å². The van der Waals surface area contributed by atoms with E-state index in [1.807, 2.05) is 24.3 Å². The minimum absolute atomic E-state index is 0.0111. The van der Waals surface area contributed by atoms with Crippen LogP contribution in [0.2, 0.25) is 5.02 Å². The van der Waals surface area contributed by atoms with Gasteiger partial charge in [-0.1, -0.05) is 30.2 Å². The fraction of sp³-hybridized carbons (Fsp3) is 0.500. The van der Waals surface area contributed by atoms with Crippen molar-refractivity contribution < 1.29 is 9.90 Å². The summed E-state index contributed by atoms with van der Waals surface area (Å²) in [5, 5.41) is 12.7. The summed E-state index contributed by atoms with van der Waals surface area (Å²) in [4.78, 5) is 12.3. The molecule has 0 spiro atoms. The normalized spacial score (nSPS) is 18.8. The summed E-state index contributed by atoms with van der Waals surface area (Å²) in [7, 11) is 0. The van der Waals surface area contributed by atoms with Crippen molar-refractivity contribution in [2.45, 2.75) is 37.7 Å². The van der Waals surface area contributed by atoms with Crippen molar-refractivity contribution in [1.29, 1.82) is 0 Å². The lowest BCUT2D eigenvalue weighted by Gasteiger charge is -2.40. The number of halogens is 1. The minimum Gasteiger partial charge on any atom is -0.392 e. The second kappa shape index (κ2) is 5.29. The highest BCUT2D eigenvalue weighted by molar-refractivity contribution is 6.30. The Bertz CT molecular complexity index is 424. The first-order chi connectivity index (χ1) is 8.54. The van der Waals surface area contributed by atoms with Gasteiger partial charge < -0.3 is 10.4 Å². The van der Waals surface area contributed by atoms with Crippen molar-refractivity contribution in [2.75, 3.05) is 6.54 Å². The highest BCUT2D eigenvalue weighted by Gasteiger charge is 2.45. The maximum Gasteiger partial charge on any atom is 0.230 e. The van der Waals surface area contributed by atoms with Gasteiger partial charge in [0, 0.05) is 11.6 Å². The van der Waals surface area contributed by atoms with Gasteiger partial charge in [-0.2, -0.15) is 0 Å².